The maximum absolute atomic E-state index is 11.8. The second kappa shape index (κ2) is 9.64. The summed E-state index contributed by atoms with van der Waals surface area (Å²) >= 11 is 0. The third kappa shape index (κ3) is 4.67. The van der Waals surface area contributed by atoms with Crippen LogP contribution in [0.25, 0.3) is 22.2 Å². The van der Waals surface area contributed by atoms with Gasteiger partial charge in [0, 0.05) is 37.4 Å². The first-order valence-electron chi connectivity index (χ1n) is 13.8. The third-order valence-electron chi connectivity index (χ3n) is 8.69. The molecular formula is C30H33N5O3S. The molecule has 4 heterocycles. The van der Waals surface area contributed by atoms with Crippen LogP contribution in [0.4, 0.5) is 5.82 Å². The van der Waals surface area contributed by atoms with Crippen LogP contribution in [0.5, 0.6) is 5.75 Å². The Balaban J connectivity index is 1.14. The number of nitrogens with zero attached hydrogens (tertiary/aromatic N) is 4. The molecule has 0 radical (unpaired) electrons. The van der Waals surface area contributed by atoms with Gasteiger partial charge in [0.15, 0.2) is 9.84 Å². The van der Waals surface area contributed by atoms with Crippen molar-refractivity contribution in [3.8, 4) is 16.9 Å². The lowest BCUT2D eigenvalue weighted by atomic mass is 9.79. The minimum Gasteiger partial charge on any atom is -0.485 e. The lowest BCUT2D eigenvalue weighted by Crippen LogP contribution is -2.44. The molecule has 7 rings (SSSR count). The standard InChI is InChI=1S/C30H33N5O3S/c31-29-28-25(23-7-6-22-8-9-26(38-27(22)16-23)21-4-2-1-3-5-21)18-35(30(28)33-19-32-29)24-14-20(15-24)17-34-10-12-39(36,37)13-11-34/h1-7,16,18-20,24,26H,8-15,17H2,(H2,31,32,33)/t20?,24?,26-/m1/s1. The zero-order chi connectivity index (χ0) is 26.6. The number of anilines is 1. The first-order chi connectivity index (χ1) is 18.9. The molecule has 2 aliphatic heterocycles. The Hall–Kier alpha value is -3.43. The van der Waals surface area contributed by atoms with Crippen LogP contribution >= 0.6 is 0 Å². The van der Waals surface area contributed by atoms with E-state index in [1.807, 2.05) is 6.07 Å². The maximum Gasteiger partial charge on any atom is 0.152 e. The summed E-state index contributed by atoms with van der Waals surface area (Å²) in [6, 6.07) is 17.2. The van der Waals surface area contributed by atoms with Crippen molar-refractivity contribution in [2.45, 2.75) is 37.8 Å². The number of fused-ring (bicyclic) bond motifs is 2. The number of ether oxygens (including phenoxy) is 1. The number of nitrogen functional groups attached to an aromatic ring is 1. The molecule has 1 aliphatic carbocycles. The smallest absolute Gasteiger partial charge is 0.152 e. The molecule has 39 heavy (non-hydrogen) atoms. The molecule has 2 aromatic carbocycles. The van der Waals surface area contributed by atoms with Crippen molar-refractivity contribution >= 4 is 26.7 Å². The van der Waals surface area contributed by atoms with Crippen molar-refractivity contribution in [3.05, 3.63) is 72.2 Å². The lowest BCUT2D eigenvalue weighted by Gasteiger charge is -2.40. The fraction of sp³-hybridized carbons (Fsp3) is 0.400. The Bertz CT molecular complexity index is 1620. The monoisotopic (exact) mass is 543 g/mol. The summed E-state index contributed by atoms with van der Waals surface area (Å²) in [7, 11) is -2.85. The van der Waals surface area contributed by atoms with E-state index >= 15 is 0 Å². The average Bonchev–Trinajstić information content (AvgIpc) is 3.31. The largest absolute Gasteiger partial charge is 0.485 e. The van der Waals surface area contributed by atoms with Crippen molar-refractivity contribution < 1.29 is 13.2 Å². The number of aryl methyl sites for hydroxylation is 1. The van der Waals surface area contributed by atoms with Crippen molar-refractivity contribution in [1.82, 2.24) is 19.4 Å². The fourth-order valence-electron chi connectivity index (χ4n) is 6.42. The predicted octanol–water partition coefficient (Wildman–Crippen LogP) is 4.43. The van der Waals surface area contributed by atoms with E-state index in [0.29, 0.717) is 30.9 Å². The van der Waals surface area contributed by atoms with Crippen molar-refractivity contribution in [3.63, 3.8) is 0 Å². The van der Waals surface area contributed by atoms with Gasteiger partial charge in [-0.15, -0.1) is 0 Å². The molecule has 2 fully saturated rings. The first-order valence-corrected chi connectivity index (χ1v) is 15.6. The second-order valence-electron chi connectivity index (χ2n) is 11.2. The molecule has 2 N–H and O–H groups in total. The molecule has 0 spiro atoms. The minimum atomic E-state index is -2.85. The van der Waals surface area contributed by atoms with E-state index in [1.54, 1.807) is 6.33 Å². The minimum absolute atomic E-state index is 0.0515. The summed E-state index contributed by atoms with van der Waals surface area (Å²) in [6.45, 7) is 2.25. The SMILES string of the molecule is Nc1ncnc2c1c(-c1ccc3c(c1)O[C@@H](c1ccccc1)CC3)cn2C1CC(CN2CCS(=O)(=O)CC2)C1. The van der Waals surface area contributed by atoms with Gasteiger partial charge in [-0.1, -0.05) is 42.5 Å². The van der Waals surface area contributed by atoms with Gasteiger partial charge >= 0.3 is 0 Å². The van der Waals surface area contributed by atoms with E-state index in [9.17, 15) is 8.42 Å². The molecule has 8 nitrogen and oxygen atoms in total. The van der Waals surface area contributed by atoms with E-state index < -0.39 is 9.84 Å². The van der Waals surface area contributed by atoms with Gasteiger partial charge in [-0.2, -0.15) is 0 Å². The van der Waals surface area contributed by atoms with Gasteiger partial charge < -0.3 is 19.9 Å². The van der Waals surface area contributed by atoms with E-state index in [1.165, 1.54) is 11.1 Å². The molecule has 2 aromatic heterocycles. The lowest BCUT2D eigenvalue weighted by molar-refractivity contribution is 0.136. The topological polar surface area (TPSA) is 103 Å². The van der Waals surface area contributed by atoms with Crippen LogP contribution in [-0.4, -0.2) is 59.0 Å². The van der Waals surface area contributed by atoms with Crippen molar-refractivity contribution in [1.29, 1.82) is 0 Å². The summed E-state index contributed by atoms with van der Waals surface area (Å²) in [4.78, 5) is 11.3. The Morgan fingerprint density at radius 3 is 2.62 bits per heavy atom. The fourth-order valence-corrected chi connectivity index (χ4v) is 7.70. The number of hydrogen-bond donors (Lipinski definition) is 1. The summed E-state index contributed by atoms with van der Waals surface area (Å²) in [6.07, 6.45) is 7.81. The Morgan fingerprint density at radius 1 is 1.03 bits per heavy atom. The van der Waals surface area contributed by atoms with Crippen LogP contribution in [0.15, 0.2) is 61.1 Å². The highest BCUT2D eigenvalue weighted by molar-refractivity contribution is 7.91. The molecule has 1 saturated carbocycles. The second-order valence-corrected chi connectivity index (χ2v) is 13.5. The molecule has 3 aliphatic rings. The van der Waals surface area contributed by atoms with Crippen LogP contribution < -0.4 is 10.5 Å². The average molecular weight is 544 g/mol. The van der Waals surface area contributed by atoms with E-state index in [0.717, 1.165) is 60.1 Å². The van der Waals surface area contributed by atoms with Crippen LogP contribution in [-0.2, 0) is 16.3 Å². The quantitative estimate of drug-likeness (QED) is 0.397. The highest BCUT2D eigenvalue weighted by atomic mass is 32.2. The van der Waals surface area contributed by atoms with Crippen LogP contribution in [0.1, 0.15) is 42.5 Å². The van der Waals surface area contributed by atoms with Crippen LogP contribution in [0.2, 0.25) is 0 Å². The number of benzene rings is 2. The summed E-state index contributed by atoms with van der Waals surface area (Å²) in [5, 5.41) is 0.887. The van der Waals surface area contributed by atoms with Crippen LogP contribution in [0.3, 0.4) is 0 Å². The number of aromatic nitrogens is 3. The van der Waals surface area contributed by atoms with E-state index in [2.05, 4.69) is 68.1 Å². The van der Waals surface area contributed by atoms with Gasteiger partial charge in [-0.05, 0) is 54.4 Å². The summed E-state index contributed by atoms with van der Waals surface area (Å²) in [5.74, 6) is 2.53. The molecular weight excluding hydrogens is 510 g/mol. The number of nitrogens with two attached hydrogens (primary N) is 1. The zero-order valence-electron chi connectivity index (χ0n) is 21.9. The first kappa shape index (κ1) is 24.6. The zero-order valence-corrected chi connectivity index (χ0v) is 22.7. The molecule has 1 saturated heterocycles. The molecule has 1 atom stereocenters. The van der Waals surface area contributed by atoms with Crippen molar-refractivity contribution in [2.24, 2.45) is 5.92 Å². The normalized spacial score (nSPS) is 24.6. The number of sulfone groups is 1. The Kier molecular flexibility index (Phi) is 6.08. The maximum atomic E-state index is 11.8. The molecule has 0 amide bonds. The van der Waals surface area contributed by atoms with E-state index in [-0.39, 0.29) is 17.6 Å². The highest BCUT2D eigenvalue weighted by Crippen LogP contribution is 2.44. The van der Waals surface area contributed by atoms with Gasteiger partial charge in [0.1, 0.15) is 29.6 Å². The Labute approximate surface area is 228 Å². The van der Waals surface area contributed by atoms with Gasteiger partial charge in [-0.3, -0.25) is 0 Å². The predicted molar refractivity (Wildman–Crippen MR) is 152 cm³/mol. The van der Waals surface area contributed by atoms with Gasteiger partial charge in [-0.25, -0.2) is 18.4 Å². The van der Waals surface area contributed by atoms with Crippen LogP contribution in [0, 0.1) is 5.92 Å². The van der Waals surface area contributed by atoms with Gasteiger partial charge in [0.25, 0.3) is 0 Å². The molecule has 9 heteroatoms. The summed E-state index contributed by atoms with van der Waals surface area (Å²) in [5.41, 5.74) is 11.8. The molecule has 202 valence electrons. The number of rotatable bonds is 5. The highest BCUT2D eigenvalue weighted by Gasteiger charge is 2.35. The molecule has 0 unspecified atom stereocenters. The molecule has 0 bridgehead atoms. The summed E-state index contributed by atoms with van der Waals surface area (Å²) < 4.78 is 32.3. The van der Waals surface area contributed by atoms with Gasteiger partial charge in [0.2, 0.25) is 0 Å². The van der Waals surface area contributed by atoms with E-state index in [4.69, 9.17) is 10.5 Å². The van der Waals surface area contributed by atoms with Crippen molar-refractivity contribution in [2.75, 3.05) is 36.9 Å². The molecule has 4 aromatic rings. The third-order valence-corrected chi connectivity index (χ3v) is 10.3. The number of hydrogen-bond acceptors (Lipinski definition) is 7. The van der Waals surface area contributed by atoms with Gasteiger partial charge in [0.05, 0.1) is 16.9 Å². The Morgan fingerprint density at radius 2 is 1.82 bits per heavy atom.